The zero-order valence-corrected chi connectivity index (χ0v) is 17.7. The molecule has 8 nitrogen and oxygen atoms in total. The van der Waals surface area contributed by atoms with Crippen molar-refractivity contribution >= 4 is 57.2 Å². The highest BCUT2D eigenvalue weighted by Crippen LogP contribution is 2.28. The lowest BCUT2D eigenvalue weighted by Gasteiger charge is -2.05. The van der Waals surface area contributed by atoms with Crippen molar-refractivity contribution in [2.24, 2.45) is 0 Å². The van der Waals surface area contributed by atoms with E-state index in [-0.39, 0.29) is 29.9 Å². The van der Waals surface area contributed by atoms with Crippen molar-refractivity contribution in [3.8, 4) is 0 Å². The van der Waals surface area contributed by atoms with Crippen LogP contribution in [-0.4, -0.2) is 40.1 Å². The molecule has 0 aliphatic heterocycles. The fraction of sp³-hybridized carbons (Fsp3) is 0.150. The second-order valence-corrected chi connectivity index (χ2v) is 8.31. The van der Waals surface area contributed by atoms with Crippen LogP contribution in [0.3, 0.4) is 0 Å². The Bertz CT molecular complexity index is 1040. The zero-order valence-electron chi connectivity index (χ0n) is 16.0. The van der Waals surface area contributed by atoms with Gasteiger partial charge in [0.1, 0.15) is 0 Å². The number of ketones is 1. The van der Waals surface area contributed by atoms with Crippen LogP contribution in [0.1, 0.15) is 17.3 Å². The molecule has 0 bridgehead atoms. The van der Waals surface area contributed by atoms with Crippen LogP contribution in [0.15, 0.2) is 58.9 Å². The molecule has 3 aromatic rings. The molecule has 154 valence electrons. The maximum Gasteiger partial charge on any atom is 0.230 e. The molecule has 0 saturated carbocycles. The molecule has 10 heteroatoms. The van der Waals surface area contributed by atoms with E-state index in [1.54, 1.807) is 36.4 Å². The number of nitrogens with one attached hydrogen (secondary N) is 3. The summed E-state index contributed by atoms with van der Waals surface area (Å²) in [5, 5.41) is 17.1. The monoisotopic (exact) mass is 441 g/mol. The quantitative estimate of drug-likeness (QED) is 0.345. The van der Waals surface area contributed by atoms with Crippen LogP contribution in [0, 0.1) is 0 Å². The van der Waals surface area contributed by atoms with Crippen molar-refractivity contribution in [3.05, 3.63) is 60.2 Å². The van der Waals surface area contributed by atoms with E-state index >= 15 is 0 Å². The topological polar surface area (TPSA) is 113 Å². The number of rotatable bonds is 9. The Balaban J connectivity index is 1.46. The first-order chi connectivity index (χ1) is 14.5. The predicted molar refractivity (Wildman–Crippen MR) is 118 cm³/mol. The van der Waals surface area contributed by atoms with Crippen LogP contribution in [0.2, 0.25) is 0 Å². The summed E-state index contributed by atoms with van der Waals surface area (Å²) in [5.41, 5.74) is 1.99. The minimum Gasteiger partial charge on any atom is -0.348 e. The number of benzene rings is 2. The van der Waals surface area contributed by atoms with Crippen LogP contribution >= 0.6 is 23.1 Å². The summed E-state index contributed by atoms with van der Waals surface area (Å²) in [6.45, 7) is 1.40. The lowest BCUT2D eigenvalue weighted by atomic mass is 10.1. The average molecular weight is 442 g/mol. The first kappa shape index (κ1) is 21.5. The minimum atomic E-state index is -0.253. The van der Waals surface area contributed by atoms with Gasteiger partial charge in [-0.1, -0.05) is 59.5 Å². The molecule has 1 aromatic heterocycles. The van der Waals surface area contributed by atoms with Gasteiger partial charge in [0.25, 0.3) is 0 Å². The van der Waals surface area contributed by atoms with Gasteiger partial charge in [0.05, 0.1) is 12.3 Å². The molecule has 2 aromatic carbocycles. The molecule has 30 heavy (non-hydrogen) atoms. The summed E-state index contributed by atoms with van der Waals surface area (Å²) in [6, 6.07) is 16.0. The van der Waals surface area contributed by atoms with Crippen molar-refractivity contribution in [1.29, 1.82) is 0 Å². The number of hydrogen-bond acceptors (Lipinski definition) is 8. The maximum absolute atomic E-state index is 12.0. The third kappa shape index (κ3) is 6.68. The number of nitrogens with zero attached hydrogens (tertiary/aromatic N) is 2. The molecular weight excluding hydrogens is 422 g/mol. The fourth-order valence-electron chi connectivity index (χ4n) is 2.40. The summed E-state index contributed by atoms with van der Waals surface area (Å²) < 4.78 is 0.625. The second-order valence-electron chi connectivity index (χ2n) is 6.11. The Morgan fingerprint density at radius 3 is 2.53 bits per heavy atom. The van der Waals surface area contributed by atoms with E-state index < -0.39 is 0 Å². The number of hydrogen-bond donors (Lipinski definition) is 3. The largest absolute Gasteiger partial charge is 0.348 e. The molecular formula is C20H19N5O3S2. The van der Waals surface area contributed by atoms with Crippen molar-refractivity contribution in [2.45, 2.75) is 11.3 Å². The standard InChI is InChI=1S/C20H19N5O3S2/c1-13(26)22-15-8-5-9-16(10-15)23-19-24-25-20(30-19)29-12-18(28)21-11-17(27)14-6-3-2-4-7-14/h2-10H,11-12H2,1H3,(H,21,28)(H,22,26)(H,23,24). The van der Waals surface area contributed by atoms with Crippen molar-refractivity contribution in [1.82, 2.24) is 15.5 Å². The van der Waals surface area contributed by atoms with Gasteiger partial charge in [-0.25, -0.2) is 0 Å². The Labute approximate surface area is 181 Å². The molecule has 0 aliphatic carbocycles. The number of thioether (sulfide) groups is 1. The van der Waals surface area contributed by atoms with Crippen LogP contribution in [0.25, 0.3) is 0 Å². The Morgan fingerprint density at radius 1 is 1.00 bits per heavy atom. The highest BCUT2D eigenvalue weighted by molar-refractivity contribution is 8.01. The van der Waals surface area contributed by atoms with E-state index in [2.05, 4.69) is 26.1 Å². The number of aromatic nitrogens is 2. The lowest BCUT2D eigenvalue weighted by Crippen LogP contribution is -2.30. The van der Waals surface area contributed by atoms with Crippen molar-refractivity contribution < 1.29 is 14.4 Å². The van der Waals surface area contributed by atoms with Gasteiger partial charge in [-0.05, 0) is 18.2 Å². The summed E-state index contributed by atoms with van der Waals surface area (Å²) in [4.78, 5) is 35.2. The SMILES string of the molecule is CC(=O)Nc1cccc(Nc2nnc(SCC(=O)NCC(=O)c3ccccc3)s2)c1. The van der Waals surface area contributed by atoms with Gasteiger partial charge in [-0.15, -0.1) is 10.2 Å². The van der Waals surface area contributed by atoms with E-state index in [9.17, 15) is 14.4 Å². The molecule has 3 rings (SSSR count). The highest BCUT2D eigenvalue weighted by atomic mass is 32.2. The summed E-state index contributed by atoms with van der Waals surface area (Å²) in [7, 11) is 0. The third-order valence-corrected chi connectivity index (χ3v) is 5.68. The molecule has 0 fully saturated rings. The molecule has 0 spiro atoms. The summed E-state index contributed by atoms with van der Waals surface area (Å²) >= 11 is 2.55. The molecule has 2 amide bonds. The average Bonchev–Trinajstić information content (AvgIpc) is 3.18. The van der Waals surface area contributed by atoms with E-state index in [1.165, 1.54) is 30.0 Å². The van der Waals surface area contributed by atoms with Gasteiger partial charge in [0.2, 0.25) is 16.9 Å². The number of Topliss-reactive ketones (excluding diaryl/α,β-unsaturated/α-hetero) is 1. The zero-order chi connectivity index (χ0) is 21.3. The Kier molecular flexibility index (Phi) is 7.52. The first-order valence-corrected chi connectivity index (χ1v) is 10.8. The second kappa shape index (κ2) is 10.5. The first-order valence-electron chi connectivity index (χ1n) is 8.95. The molecule has 0 unspecified atom stereocenters. The summed E-state index contributed by atoms with van der Waals surface area (Å²) in [6.07, 6.45) is 0. The van der Waals surface area contributed by atoms with Gasteiger partial charge < -0.3 is 16.0 Å². The number of carbonyl (C=O) groups is 3. The van der Waals surface area contributed by atoms with E-state index in [4.69, 9.17) is 0 Å². The predicted octanol–water partition coefficient (Wildman–Crippen LogP) is 3.33. The van der Waals surface area contributed by atoms with Crippen LogP contribution in [0.5, 0.6) is 0 Å². The van der Waals surface area contributed by atoms with Gasteiger partial charge in [-0.3, -0.25) is 14.4 Å². The highest BCUT2D eigenvalue weighted by Gasteiger charge is 2.11. The smallest absolute Gasteiger partial charge is 0.230 e. The van der Waals surface area contributed by atoms with Crippen LogP contribution in [-0.2, 0) is 9.59 Å². The Hall–Kier alpha value is -3.24. The summed E-state index contributed by atoms with van der Waals surface area (Å²) in [5.74, 6) is -0.408. The third-order valence-electron chi connectivity index (χ3n) is 3.71. The molecule has 0 radical (unpaired) electrons. The van der Waals surface area contributed by atoms with E-state index in [1.807, 2.05) is 18.2 Å². The molecule has 0 saturated heterocycles. The van der Waals surface area contributed by atoms with Gasteiger partial charge in [0.15, 0.2) is 10.1 Å². The molecule has 0 aliphatic rings. The van der Waals surface area contributed by atoms with Crippen LogP contribution in [0.4, 0.5) is 16.5 Å². The van der Waals surface area contributed by atoms with Gasteiger partial charge in [-0.2, -0.15) is 0 Å². The Morgan fingerprint density at radius 2 is 1.77 bits per heavy atom. The molecule has 0 atom stereocenters. The number of amides is 2. The minimum absolute atomic E-state index is 0.0447. The van der Waals surface area contributed by atoms with E-state index in [0.29, 0.717) is 20.7 Å². The van der Waals surface area contributed by atoms with Crippen LogP contribution < -0.4 is 16.0 Å². The van der Waals surface area contributed by atoms with Gasteiger partial charge in [0, 0.05) is 23.9 Å². The van der Waals surface area contributed by atoms with Gasteiger partial charge >= 0.3 is 0 Å². The normalized spacial score (nSPS) is 10.3. The lowest BCUT2D eigenvalue weighted by molar-refractivity contribution is -0.118. The molecule has 3 N–H and O–H groups in total. The van der Waals surface area contributed by atoms with Crippen molar-refractivity contribution in [3.63, 3.8) is 0 Å². The molecule has 1 heterocycles. The van der Waals surface area contributed by atoms with E-state index in [0.717, 1.165) is 5.69 Å². The maximum atomic E-state index is 12.0. The van der Waals surface area contributed by atoms with Crippen molar-refractivity contribution in [2.75, 3.05) is 22.9 Å². The number of anilines is 3. The fourth-order valence-corrected chi connectivity index (χ4v) is 4.01. The number of carbonyl (C=O) groups excluding carboxylic acids is 3.